The van der Waals surface area contributed by atoms with Crippen LogP contribution < -0.4 is 5.32 Å². The molecule has 6 nitrogen and oxygen atoms in total. The molecule has 1 amide bonds. The summed E-state index contributed by atoms with van der Waals surface area (Å²) in [4.78, 5) is 12.6. The molecular weight excluding hydrogens is 440 g/mol. The number of hydrogen-bond donors (Lipinski definition) is 1. The highest BCUT2D eigenvalue weighted by atomic mass is 19.3. The van der Waals surface area contributed by atoms with Gasteiger partial charge in [-0.05, 0) is 55.0 Å². The third-order valence-corrected chi connectivity index (χ3v) is 5.09. The van der Waals surface area contributed by atoms with Crippen LogP contribution in [0.2, 0.25) is 0 Å². The van der Waals surface area contributed by atoms with Gasteiger partial charge in [0, 0.05) is 18.1 Å². The van der Waals surface area contributed by atoms with Crippen molar-refractivity contribution in [2.75, 3.05) is 0 Å². The van der Waals surface area contributed by atoms with E-state index < -0.39 is 30.1 Å². The minimum absolute atomic E-state index is 0.0294. The molecule has 172 valence electrons. The summed E-state index contributed by atoms with van der Waals surface area (Å²) in [5, 5.41) is 6.35. The van der Waals surface area contributed by atoms with Gasteiger partial charge in [-0.2, -0.15) is 5.10 Å². The van der Waals surface area contributed by atoms with Crippen LogP contribution in [-0.2, 0) is 6.54 Å². The average molecular weight is 460 g/mol. The Morgan fingerprint density at radius 3 is 2.48 bits per heavy atom. The highest BCUT2D eigenvalue weighted by Crippen LogP contribution is 2.26. The number of aromatic nitrogens is 3. The second-order valence-corrected chi connectivity index (χ2v) is 7.40. The van der Waals surface area contributed by atoms with Crippen molar-refractivity contribution >= 4 is 5.91 Å². The van der Waals surface area contributed by atoms with E-state index in [0.717, 1.165) is 15.9 Å². The van der Waals surface area contributed by atoms with E-state index in [1.165, 1.54) is 12.1 Å². The van der Waals surface area contributed by atoms with Gasteiger partial charge in [0.1, 0.15) is 17.1 Å². The molecule has 0 aliphatic rings. The van der Waals surface area contributed by atoms with E-state index in [0.29, 0.717) is 6.07 Å². The second-order valence-electron chi connectivity index (χ2n) is 7.40. The van der Waals surface area contributed by atoms with Gasteiger partial charge in [-0.15, -0.1) is 0 Å². The van der Waals surface area contributed by atoms with Crippen LogP contribution in [0.15, 0.2) is 71.4 Å². The molecule has 0 spiro atoms. The van der Waals surface area contributed by atoms with E-state index in [4.69, 9.17) is 4.42 Å². The summed E-state index contributed by atoms with van der Waals surface area (Å²) >= 11 is 0. The zero-order chi connectivity index (χ0) is 23.5. The molecule has 0 saturated carbocycles. The Hall–Kier alpha value is -3.82. The molecule has 0 aliphatic carbocycles. The summed E-state index contributed by atoms with van der Waals surface area (Å²) in [6, 6.07) is 14.6. The lowest BCUT2D eigenvalue weighted by molar-refractivity contribution is 0.0909. The summed E-state index contributed by atoms with van der Waals surface area (Å²) < 4.78 is 60.2. The smallest absolute Gasteiger partial charge is 0.287 e. The van der Waals surface area contributed by atoms with E-state index in [9.17, 15) is 22.4 Å². The number of halogens is 4. The number of nitrogens with one attached hydrogen (secondary N) is 1. The molecule has 3 heterocycles. The van der Waals surface area contributed by atoms with Crippen molar-refractivity contribution in [2.45, 2.75) is 32.4 Å². The zero-order valence-corrected chi connectivity index (χ0v) is 17.5. The molecule has 1 atom stereocenters. The minimum atomic E-state index is -2.98. The van der Waals surface area contributed by atoms with Crippen LogP contribution in [0, 0.1) is 0 Å². The fraction of sp³-hybridized carbons (Fsp3) is 0.217. The van der Waals surface area contributed by atoms with Gasteiger partial charge in [0.25, 0.3) is 18.8 Å². The van der Waals surface area contributed by atoms with Crippen molar-refractivity contribution in [3.8, 4) is 5.69 Å². The first kappa shape index (κ1) is 22.4. The molecule has 0 aliphatic heterocycles. The normalized spacial score (nSPS) is 12.5. The Morgan fingerprint density at radius 1 is 1.03 bits per heavy atom. The molecule has 4 aromatic rings. The van der Waals surface area contributed by atoms with Crippen LogP contribution in [0.25, 0.3) is 5.69 Å². The summed E-state index contributed by atoms with van der Waals surface area (Å²) in [6.45, 7) is 1.51. The molecular formula is C23H20F4N4O2. The van der Waals surface area contributed by atoms with Crippen LogP contribution >= 0.6 is 0 Å². The number of alkyl halides is 4. The van der Waals surface area contributed by atoms with Gasteiger partial charge in [0.2, 0.25) is 0 Å². The molecule has 10 heteroatoms. The van der Waals surface area contributed by atoms with Crippen LogP contribution in [0.3, 0.4) is 0 Å². The van der Waals surface area contributed by atoms with E-state index in [1.807, 2.05) is 60.3 Å². The predicted octanol–water partition coefficient (Wildman–Crippen LogP) is 5.68. The number of carbonyl (C=O) groups is 1. The van der Waals surface area contributed by atoms with E-state index >= 15 is 0 Å². The summed E-state index contributed by atoms with van der Waals surface area (Å²) in [7, 11) is 0. The van der Waals surface area contributed by atoms with Crippen molar-refractivity contribution in [1.82, 2.24) is 19.7 Å². The van der Waals surface area contributed by atoms with Crippen molar-refractivity contribution in [1.29, 1.82) is 0 Å². The van der Waals surface area contributed by atoms with Crippen LogP contribution in [0.4, 0.5) is 17.6 Å². The topological polar surface area (TPSA) is 65.0 Å². The van der Waals surface area contributed by atoms with Crippen molar-refractivity contribution in [3.63, 3.8) is 0 Å². The number of amides is 1. The largest absolute Gasteiger partial charge is 0.454 e. The number of nitrogens with zero attached hydrogens (tertiary/aromatic N) is 3. The SMILES string of the molecule is CC(NC(=O)c1ccc(Cn2nc(C(F)F)cc2C(F)F)o1)c1cccc(-n2cccc2)c1. The zero-order valence-electron chi connectivity index (χ0n) is 17.5. The fourth-order valence-electron chi connectivity index (χ4n) is 3.41. The maximum atomic E-state index is 13.2. The molecule has 0 saturated heterocycles. The molecule has 3 aromatic heterocycles. The average Bonchev–Trinajstić information content (AvgIpc) is 3.55. The maximum Gasteiger partial charge on any atom is 0.287 e. The number of benzene rings is 1. The highest BCUT2D eigenvalue weighted by molar-refractivity contribution is 5.91. The summed E-state index contributed by atoms with van der Waals surface area (Å²) in [5.41, 5.74) is 0.421. The van der Waals surface area contributed by atoms with Gasteiger partial charge in [0.05, 0.1) is 12.6 Å². The predicted molar refractivity (Wildman–Crippen MR) is 112 cm³/mol. The number of rotatable bonds is 8. The van der Waals surface area contributed by atoms with Gasteiger partial charge < -0.3 is 14.3 Å². The Bertz CT molecular complexity index is 1230. The monoisotopic (exact) mass is 460 g/mol. The number of hydrogen-bond acceptors (Lipinski definition) is 3. The van der Waals surface area contributed by atoms with Crippen molar-refractivity contribution in [3.05, 3.63) is 95.5 Å². The van der Waals surface area contributed by atoms with Gasteiger partial charge >= 0.3 is 0 Å². The van der Waals surface area contributed by atoms with E-state index in [2.05, 4.69) is 10.4 Å². The van der Waals surface area contributed by atoms with E-state index in [1.54, 1.807) is 0 Å². The first-order chi connectivity index (χ1) is 15.8. The fourth-order valence-corrected chi connectivity index (χ4v) is 3.41. The Balaban J connectivity index is 1.45. The maximum absolute atomic E-state index is 13.2. The first-order valence-corrected chi connectivity index (χ1v) is 10.1. The van der Waals surface area contributed by atoms with Crippen LogP contribution in [0.1, 0.15) is 59.1 Å². The minimum Gasteiger partial charge on any atom is -0.454 e. The lowest BCUT2D eigenvalue weighted by Crippen LogP contribution is -2.26. The molecule has 33 heavy (non-hydrogen) atoms. The standard InChI is InChI=1S/C23H20F4N4O2/c1-14(15-5-4-6-16(11-15)30-9-2-3-10-30)28-23(32)20-8-7-17(33-20)13-31-19(22(26)27)12-18(29-31)21(24)25/h2-12,14,21-22H,13H2,1H3,(H,28,32). The van der Waals surface area contributed by atoms with Crippen LogP contribution in [0.5, 0.6) is 0 Å². The van der Waals surface area contributed by atoms with Gasteiger partial charge in [-0.1, -0.05) is 12.1 Å². The molecule has 0 fully saturated rings. The molecule has 0 bridgehead atoms. The lowest BCUT2D eigenvalue weighted by atomic mass is 10.1. The Morgan fingerprint density at radius 2 is 1.79 bits per heavy atom. The first-order valence-electron chi connectivity index (χ1n) is 10.1. The quantitative estimate of drug-likeness (QED) is 0.344. The van der Waals surface area contributed by atoms with E-state index in [-0.39, 0.29) is 24.1 Å². The van der Waals surface area contributed by atoms with Gasteiger partial charge in [0.15, 0.2) is 5.76 Å². The van der Waals surface area contributed by atoms with Crippen molar-refractivity contribution < 1.29 is 26.8 Å². The second kappa shape index (κ2) is 9.35. The van der Waals surface area contributed by atoms with Gasteiger partial charge in [-0.3, -0.25) is 9.48 Å². The Kier molecular flexibility index (Phi) is 6.34. The number of carbonyl (C=O) groups excluding carboxylic acids is 1. The molecule has 0 radical (unpaired) electrons. The highest BCUT2D eigenvalue weighted by Gasteiger charge is 2.22. The Labute approximate surface area is 186 Å². The summed E-state index contributed by atoms with van der Waals surface area (Å²) in [5.74, 6) is -0.394. The summed E-state index contributed by atoms with van der Waals surface area (Å²) in [6.07, 6.45) is -2.13. The number of furan rings is 1. The molecule has 1 unspecified atom stereocenters. The van der Waals surface area contributed by atoms with Gasteiger partial charge in [-0.25, -0.2) is 17.6 Å². The molecule has 4 rings (SSSR count). The third-order valence-electron chi connectivity index (χ3n) is 5.09. The van der Waals surface area contributed by atoms with Crippen LogP contribution in [-0.4, -0.2) is 20.3 Å². The van der Waals surface area contributed by atoms with Crippen molar-refractivity contribution in [2.24, 2.45) is 0 Å². The molecule has 1 N–H and O–H groups in total. The third kappa shape index (κ3) is 5.00. The molecule has 1 aromatic carbocycles. The lowest BCUT2D eigenvalue weighted by Gasteiger charge is -2.15.